The molecule has 0 bridgehead atoms. The standard InChI is InChI=1S/C23H20F3N9O/c24-22(25,26)8-3-4-13-20-29-11-30-35(20)10-14(31-13)18-32-17(27)16-19(33-18)34-21(36)23(16,12-6-7-12)15-5-1-2-9-28-15/h1-2,5,9-12H,3-4,6-8H2,(H3,27,32,33,34,36). The largest absolute Gasteiger partial charge is 0.389 e. The van der Waals surface area contributed by atoms with Crippen molar-refractivity contribution in [2.45, 2.75) is 43.7 Å². The van der Waals surface area contributed by atoms with Crippen molar-refractivity contribution in [2.24, 2.45) is 5.92 Å². The molecule has 0 radical (unpaired) electrons. The Morgan fingerprint density at radius 2 is 2.00 bits per heavy atom. The zero-order chi connectivity index (χ0) is 25.1. The first kappa shape index (κ1) is 22.3. The molecule has 184 valence electrons. The highest BCUT2D eigenvalue weighted by atomic mass is 19.4. The number of alkyl halides is 3. The summed E-state index contributed by atoms with van der Waals surface area (Å²) in [5.41, 5.74) is 7.39. The quantitative estimate of drug-likeness (QED) is 0.416. The van der Waals surface area contributed by atoms with Gasteiger partial charge in [-0.2, -0.15) is 18.3 Å². The highest BCUT2D eigenvalue weighted by molar-refractivity contribution is 6.09. The summed E-state index contributed by atoms with van der Waals surface area (Å²) >= 11 is 0. The van der Waals surface area contributed by atoms with Gasteiger partial charge >= 0.3 is 6.18 Å². The number of nitrogen functional groups attached to an aromatic ring is 1. The van der Waals surface area contributed by atoms with Gasteiger partial charge in [-0.25, -0.2) is 24.5 Å². The van der Waals surface area contributed by atoms with E-state index in [9.17, 15) is 18.0 Å². The van der Waals surface area contributed by atoms with Crippen LogP contribution in [0.3, 0.4) is 0 Å². The van der Waals surface area contributed by atoms with Crippen LogP contribution in [0.4, 0.5) is 24.8 Å². The molecular weight excluding hydrogens is 475 g/mol. The first-order chi connectivity index (χ1) is 17.3. The van der Waals surface area contributed by atoms with E-state index < -0.39 is 18.0 Å². The minimum Gasteiger partial charge on any atom is -0.383 e. The predicted molar refractivity (Wildman–Crippen MR) is 122 cm³/mol. The van der Waals surface area contributed by atoms with E-state index in [1.54, 1.807) is 18.3 Å². The molecule has 1 aliphatic carbocycles. The Bertz CT molecular complexity index is 1480. The third-order valence-electron chi connectivity index (χ3n) is 6.61. The van der Waals surface area contributed by atoms with Crippen molar-refractivity contribution in [3.8, 4) is 11.5 Å². The normalized spacial score (nSPS) is 19.5. The summed E-state index contributed by atoms with van der Waals surface area (Å²) in [7, 11) is 0. The van der Waals surface area contributed by atoms with Crippen LogP contribution in [0.25, 0.3) is 17.2 Å². The molecule has 1 atom stereocenters. The number of fused-ring (bicyclic) bond motifs is 2. The van der Waals surface area contributed by atoms with E-state index in [0.717, 1.165) is 12.8 Å². The summed E-state index contributed by atoms with van der Waals surface area (Å²) in [6, 6.07) is 5.40. The molecule has 1 unspecified atom stereocenters. The number of nitrogens with one attached hydrogen (secondary N) is 1. The van der Waals surface area contributed by atoms with E-state index >= 15 is 0 Å². The number of pyridine rings is 1. The summed E-state index contributed by atoms with van der Waals surface area (Å²) in [6.07, 6.45) is 0.824. The molecule has 1 fully saturated rings. The Morgan fingerprint density at radius 3 is 2.72 bits per heavy atom. The fourth-order valence-corrected chi connectivity index (χ4v) is 4.97. The van der Waals surface area contributed by atoms with Crippen LogP contribution in [-0.2, 0) is 16.6 Å². The summed E-state index contributed by atoms with van der Waals surface area (Å²) in [6.45, 7) is 0. The van der Waals surface area contributed by atoms with Gasteiger partial charge in [0.1, 0.15) is 29.1 Å². The first-order valence-corrected chi connectivity index (χ1v) is 11.4. The van der Waals surface area contributed by atoms with E-state index in [-0.39, 0.29) is 47.8 Å². The third kappa shape index (κ3) is 3.53. The molecule has 4 aromatic heterocycles. The third-order valence-corrected chi connectivity index (χ3v) is 6.61. The fraction of sp³-hybridized carbons (Fsp3) is 0.348. The van der Waals surface area contributed by atoms with Gasteiger partial charge in [0.2, 0.25) is 5.91 Å². The SMILES string of the molecule is Nc1nc(-c2cn3ncnc3c(CCCC(F)(F)F)n2)nc2c1C(c1ccccn1)(C1CC1)C(=O)N2. The molecule has 0 spiro atoms. The second-order valence-electron chi connectivity index (χ2n) is 8.98. The second-order valence-corrected chi connectivity index (χ2v) is 8.98. The van der Waals surface area contributed by atoms with Crippen molar-refractivity contribution in [3.05, 3.63) is 53.9 Å². The molecule has 6 rings (SSSR count). The lowest BCUT2D eigenvalue weighted by Crippen LogP contribution is -2.39. The van der Waals surface area contributed by atoms with Gasteiger partial charge in [0.15, 0.2) is 11.5 Å². The minimum absolute atomic E-state index is 0.0234. The maximum absolute atomic E-state index is 13.4. The number of aromatic nitrogens is 7. The number of amides is 1. The van der Waals surface area contributed by atoms with Crippen molar-refractivity contribution in [2.75, 3.05) is 11.1 Å². The number of anilines is 2. The molecule has 1 amide bonds. The number of halogens is 3. The molecule has 13 heteroatoms. The monoisotopic (exact) mass is 495 g/mol. The Morgan fingerprint density at radius 1 is 1.17 bits per heavy atom. The smallest absolute Gasteiger partial charge is 0.383 e. The topological polar surface area (TPSA) is 137 Å². The Kier molecular flexibility index (Phi) is 4.92. The van der Waals surface area contributed by atoms with Gasteiger partial charge in [-0.15, -0.1) is 0 Å². The van der Waals surface area contributed by atoms with Gasteiger partial charge in [-0.1, -0.05) is 6.07 Å². The fourth-order valence-electron chi connectivity index (χ4n) is 4.97. The van der Waals surface area contributed by atoms with Crippen LogP contribution in [0.2, 0.25) is 0 Å². The van der Waals surface area contributed by atoms with Crippen molar-refractivity contribution >= 4 is 23.2 Å². The lowest BCUT2D eigenvalue weighted by atomic mass is 9.74. The van der Waals surface area contributed by atoms with E-state index in [4.69, 9.17) is 5.73 Å². The van der Waals surface area contributed by atoms with E-state index in [1.807, 2.05) is 6.07 Å². The van der Waals surface area contributed by atoms with E-state index in [1.165, 1.54) is 17.0 Å². The zero-order valence-electron chi connectivity index (χ0n) is 18.8. The maximum Gasteiger partial charge on any atom is 0.389 e. The van der Waals surface area contributed by atoms with Crippen LogP contribution >= 0.6 is 0 Å². The molecule has 0 aromatic carbocycles. The van der Waals surface area contributed by atoms with Gasteiger partial charge in [0.05, 0.1) is 23.1 Å². The van der Waals surface area contributed by atoms with Crippen LogP contribution < -0.4 is 11.1 Å². The zero-order valence-corrected chi connectivity index (χ0v) is 18.8. The maximum atomic E-state index is 13.4. The van der Waals surface area contributed by atoms with Crippen molar-refractivity contribution in [3.63, 3.8) is 0 Å². The van der Waals surface area contributed by atoms with E-state index in [0.29, 0.717) is 22.6 Å². The summed E-state index contributed by atoms with van der Waals surface area (Å²) in [5.74, 6) is 0.275. The number of hydrogen-bond donors (Lipinski definition) is 2. The molecule has 2 aliphatic rings. The molecule has 4 aromatic rings. The molecule has 36 heavy (non-hydrogen) atoms. The molecular formula is C23H20F3N9O. The lowest BCUT2D eigenvalue weighted by Gasteiger charge is -2.27. The lowest BCUT2D eigenvalue weighted by molar-refractivity contribution is -0.135. The van der Waals surface area contributed by atoms with Crippen LogP contribution in [0.5, 0.6) is 0 Å². The number of hydrogen-bond acceptors (Lipinski definition) is 8. The number of rotatable bonds is 6. The molecule has 1 aliphatic heterocycles. The summed E-state index contributed by atoms with van der Waals surface area (Å²) < 4.78 is 39.5. The number of nitrogens with two attached hydrogens (primary N) is 1. The molecule has 3 N–H and O–H groups in total. The Labute approximate surface area is 202 Å². The number of carbonyl (C=O) groups is 1. The summed E-state index contributed by atoms with van der Waals surface area (Å²) in [5, 5.41) is 6.96. The molecule has 1 saturated carbocycles. The average Bonchev–Trinajstić information content (AvgIpc) is 3.48. The van der Waals surface area contributed by atoms with Crippen molar-refractivity contribution in [1.29, 1.82) is 0 Å². The second kappa shape index (κ2) is 7.93. The van der Waals surface area contributed by atoms with Crippen LogP contribution in [0.1, 0.15) is 42.6 Å². The Hall–Kier alpha value is -4.16. The van der Waals surface area contributed by atoms with Gasteiger partial charge in [0, 0.05) is 12.6 Å². The predicted octanol–water partition coefficient (Wildman–Crippen LogP) is 3.09. The first-order valence-electron chi connectivity index (χ1n) is 11.4. The van der Waals surface area contributed by atoms with Crippen LogP contribution in [0, 0.1) is 5.92 Å². The van der Waals surface area contributed by atoms with Gasteiger partial charge in [0.25, 0.3) is 0 Å². The Balaban J connectivity index is 1.44. The van der Waals surface area contributed by atoms with Gasteiger partial charge < -0.3 is 11.1 Å². The van der Waals surface area contributed by atoms with Crippen LogP contribution in [0.15, 0.2) is 36.9 Å². The number of nitrogens with zero attached hydrogens (tertiary/aromatic N) is 7. The number of aryl methyl sites for hydroxylation is 1. The van der Waals surface area contributed by atoms with Crippen molar-refractivity contribution < 1.29 is 18.0 Å². The highest BCUT2D eigenvalue weighted by Gasteiger charge is 2.60. The molecule has 10 nitrogen and oxygen atoms in total. The molecule has 0 saturated heterocycles. The minimum atomic E-state index is -4.26. The molecule has 5 heterocycles. The summed E-state index contributed by atoms with van der Waals surface area (Å²) in [4.78, 5) is 35.5. The van der Waals surface area contributed by atoms with Crippen molar-refractivity contribution in [1.82, 2.24) is 34.5 Å². The van der Waals surface area contributed by atoms with Gasteiger partial charge in [-0.3, -0.25) is 9.78 Å². The van der Waals surface area contributed by atoms with E-state index in [2.05, 4.69) is 35.3 Å². The van der Waals surface area contributed by atoms with Gasteiger partial charge in [-0.05, 0) is 43.7 Å². The highest BCUT2D eigenvalue weighted by Crippen LogP contribution is 2.57. The van der Waals surface area contributed by atoms with Crippen LogP contribution in [-0.4, -0.2) is 46.6 Å². The average molecular weight is 495 g/mol. The number of carbonyl (C=O) groups excluding carboxylic acids is 1.